The van der Waals surface area contributed by atoms with Gasteiger partial charge < -0.3 is 15.2 Å². The lowest BCUT2D eigenvalue weighted by Crippen LogP contribution is -2.21. The molecule has 0 aromatic heterocycles. The quantitative estimate of drug-likeness (QED) is 0.664. The molecule has 0 amide bonds. The van der Waals surface area contributed by atoms with Crippen molar-refractivity contribution in [2.45, 2.75) is 5.92 Å². The minimum atomic E-state index is -0.601. The average molecular weight is 358 g/mol. The molecule has 1 aliphatic heterocycles. The Hall–Kier alpha value is -3.24. The third kappa shape index (κ3) is 2.84. The number of nitriles is 1. The molecule has 0 fully saturated rings. The molecule has 0 aliphatic carbocycles. The van der Waals surface area contributed by atoms with E-state index in [0.29, 0.717) is 22.6 Å². The summed E-state index contributed by atoms with van der Waals surface area (Å²) in [6, 6.07) is 11.5. The number of rotatable bonds is 3. The number of allylic oxidation sites excluding steroid dienone is 1. The number of hydrogen-bond donors (Lipinski definition) is 1. The predicted molar refractivity (Wildman–Crippen MR) is 90.4 cm³/mol. The number of halogens is 1. The maximum absolute atomic E-state index is 11.2. The number of fused-ring (bicyclic) bond motifs is 1. The largest absolute Gasteiger partial charge is 0.497 e. The summed E-state index contributed by atoms with van der Waals surface area (Å²) in [5, 5.41) is 20.7. The monoisotopic (exact) mass is 357 g/mol. The predicted octanol–water partition coefficient (Wildman–Crippen LogP) is 3.47. The van der Waals surface area contributed by atoms with Gasteiger partial charge in [0.05, 0.1) is 18.0 Å². The van der Waals surface area contributed by atoms with E-state index in [2.05, 4.69) is 0 Å². The first-order valence-electron chi connectivity index (χ1n) is 7.15. The molecule has 126 valence electrons. The normalized spacial score (nSPS) is 15.8. The summed E-state index contributed by atoms with van der Waals surface area (Å²) in [5.41, 5.74) is 7.00. The van der Waals surface area contributed by atoms with Gasteiger partial charge in [0.1, 0.15) is 28.2 Å². The third-order valence-corrected chi connectivity index (χ3v) is 4.25. The molecule has 2 aromatic rings. The molecular formula is C17H12ClN3O4. The molecule has 0 unspecified atom stereocenters. The van der Waals surface area contributed by atoms with E-state index in [4.69, 9.17) is 26.8 Å². The van der Waals surface area contributed by atoms with Gasteiger partial charge in [-0.1, -0.05) is 23.7 Å². The van der Waals surface area contributed by atoms with Gasteiger partial charge in [-0.3, -0.25) is 10.1 Å². The van der Waals surface area contributed by atoms with E-state index in [9.17, 15) is 15.4 Å². The van der Waals surface area contributed by atoms with Crippen LogP contribution in [0.2, 0.25) is 5.02 Å². The van der Waals surface area contributed by atoms with Crippen molar-refractivity contribution in [3.8, 4) is 17.6 Å². The van der Waals surface area contributed by atoms with Crippen molar-refractivity contribution in [2.24, 2.45) is 5.73 Å². The lowest BCUT2D eigenvalue weighted by molar-refractivity contribution is -0.384. The lowest BCUT2D eigenvalue weighted by atomic mass is 9.83. The molecule has 0 bridgehead atoms. The van der Waals surface area contributed by atoms with Crippen LogP contribution in [0.15, 0.2) is 47.9 Å². The highest BCUT2D eigenvalue weighted by atomic mass is 35.5. The van der Waals surface area contributed by atoms with E-state index >= 15 is 0 Å². The number of nitro groups is 1. The summed E-state index contributed by atoms with van der Waals surface area (Å²) in [5.74, 6) is 0.340. The van der Waals surface area contributed by atoms with Crippen LogP contribution in [0.3, 0.4) is 0 Å². The highest BCUT2D eigenvalue weighted by molar-refractivity contribution is 6.32. The number of methoxy groups -OCH3 is 1. The van der Waals surface area contributed by atoms with Crippen molar-refractivity contribution in [1.82, 2.24) is 0 Å². The summed E-state index contributed by atoms with van der Waals surface area (Å²) >= 11 is 5.88. The second kappa shape index (κ2) is 6.34. The van der Waals surface area contributed by atoms with E-state index in [1.165, 1.54) is 19.2 Å². The smallest absolute Gasteiger partial charge is 0.288 e. The van der Waals surface area contributed by atoms with Crippen LogP contribution in [0.1, 0.15) is 17.0 Å². The molecule has 1 heterocycles. The Labute approximate surface area is 148 Å². The van der Waals surface area contributed by atoms with Crippen molar-refractivity contribution < 1.29 is 14.4 Å². The first-order valence-corrected chi connectivity index (χ1v) is 7.53. The molecule has 2 N–H and O–H groups in total. The first kappa shape index (κ1) is 16.6. The highest BCUT2D eigenvalue weighted by Crippen LogP contribution is 2.44. The number of benzene rings is 2. The molecule has 7 nitrogen and oxygen atoms in total. The molecule has 0 saturated carbocycles. The third-order valence-electron chi connectivity index (χ3n) is 3.93. The van der Waals surface area contributed by atoms with E-state index in [1.54, 1.807) is 24.3 Å². The Morgan fingerprint density at radius 3 is 2.76 bits per heavy atom. The Morgan fingerprint density at radius 2 is 2.12 bits per heavy atom. The van der Waals surface area contributed by atoms with Gasteiger partial charge in [0.2, 0.25) is 5.88 Å². The first-order chi connectivity index (χ1) is 12.0. The number of nitrogens with two attached hydrogens (primary N) is 1. The standard InChI is InChI=1S/C17H12ClN3O4/c1-24-10-3-4-11-15(7-10)25-17(20)12(8-19)16(11)9-2-5-13(18)14(6-9)21(22)23/h2-7,16H,20H2,1H3/t16-/m1/s1. The fourth-order valence-electron chi connectivity index (χ4n) is 2.75. The summed E-state index contributed by atoms with van der Waals surface area (Å²) in [4.78, 5) is 10.6. The number of ether oxygens (including phenoxy) is 2. The van der Waals surface area contributed by atoms with Crippen LogP contribution in [0.25, 0.3) is 0 Å². The Bertz CT molecular complexity index is 949. The Kier molecular flexibility index (Phi) is 4.21. The molecule has 8 heteroatoms. The SMILES string of the molecule is COc1ccc2c(c1)OC(N)=C(C#N)[C@@H]2c1ccc(Cl)c([N+](=O)[O-])c1. The fourth-order valence-corrected chi connectivity index (χ4v) is 2.94. The van der Waals surface area contributed by atoms with Crippen molar-refractivity contribution in [3.05, 3.63) is 74.1 Å². The van der Waals surface area contributed by atoms with Gasteiger partial charge in [0.25, 0.3) is 5.69 Å². The van der Waals surface area contributed by atoms with Crippen molar-refractivity contribution in [3.63, 3.8) is 0 Å². The minimum Gasteiger partial charge on any atom is -0.497 e. The summed E-state index contributed by atoms with van der Waals surface area (Å²) in [6.07, 6.45) is 0. The minimum absolute atomic E-state index is 0.0197. The molecule has 3 rings (SSSR count). The van der Waals surface area contributed by atoms with Gasteiger partial charge in [-0.2, -0.15) is 5.26 Å². The van der Waals surface area contributed by atoms with Gasteiger partial charge >= 0.3 is 0 Å². The van der Waals surface area contributed by atoms with Crippen LogP contribution in [-0.2, 0) is 0 Å². The molecule has 0 radical (unpaired) electrons. The van der Waals surface area contributed by atoms with Crippen molar-refractivity contribution >= 4 is 17.3 Å². The Morgan fingerprint density at radius 1 is 1.36 bits per heavy atom. The molecule has 0 spiro atoms. The maximum Gasteiger partial charge on any atom is 0.288 e. The summed E-state index contributed by atoms with van der Waals surface area (Å²) < 4.78 is 10.7. The van der Waals surface area contributed by atoms with Crippen LogP contribution in [0.4, 0.5) is 5.69 Å². The van der Waals surface area contributed by atoms with E-state index in [-0.39, 0.29) is 22.2 Å². The van der Waals surface area contributed by atoms with Gasteiger partial charge in [0.15, 0.2) is 0 Å². The summed E-state index contributed by atoms with van der Waals surface area (Å²) in [6.45, 7) is 0. The molecule has 0 saturated heterocycles. The van der Waals surface area contributed by atoms with Gasteiger partial charge in [-0.25, -0.2) is 0 Å². The molecule has 25 heavy (non-hydrogen) atoms. The van der Waals surface area contributed by atoms with Crippen LogP contribution in [-0.4, -0.2) is 12.0 Å². The van der Waals surface area contributed by atoms with Gasteiger partial charge in [-0.05, 0) is 17.7 Å². The fraction of sp³-hybridized carbons (Fsp3) is 0.118. The number of nitro benzene ring substituents is 1. The summed E-state index contributed by atoms with van der Waals surface area (Å²) in [7, 11) is 1.52. The van der Waals surface area contributed by atoms with Crippen LogP contribution < -0.4 is 15.2 Å². The Balaban J connectivity index is 2.22. The highest BCUT2D eigenvalue weighted by Gasteiger charge is 2.32. The van der Waals surface area contributed by atoms with Crippen LogP contribution >= 0.6 is 11.6 Å². The average Bonchev–Trinajstić information content (AvgIpc) is 2.60. The van der Waals surface area contributed by atoms with Crippen molar-refractivity contribution in [2.75, 3.05) is 7.11 Å². The van der Waals surface area contributed by atoms with Crippen LogP contribution in [0, 0.1) is 21.4 Å². The van der Waals surface area contributed by atoms with Gasteiger partial charge in [-0.15, -0.1) is 0 Å². The van der Waals surface area contributed by atoms with E-state index < -0.39 is 10.8 Å². The number of nitrogens with zero attached hydrogens (tertiary/aromatic N) is 2. The number of hydrogen-bond acceptors (Lipinski definition) is 6. The molecule has 1 aliphatic rings. The van der Waals surface area contributed by atoms with Crippen LogP contribution in [0.5, 0.6) is 11.5 Å². The topological polar surface area (TPSA) is 111 Å². The van der Waals surface area contributed by atoms with E-state index in [0.717, 1.165) is 0 Å². The molecular weight excluding hydrogens is 346 g/mol. The molecule has 1 atom stereocenters. The maximum atomic E-state index is 11.2. The molecule has 2 aromatic carbocycles. The zero-order valence-electron chi connectivity index (χ0n) is 13.0. The zero-order chi connectivity index (χ0) is 18.1. The van der Waals surface area contributed by atoms with E-state index in [1.807, 2.05) is 6.07 Å². The lowest BCUT2D eigenvalue weighted by Gasteiger charge is -2.26. The van der Waals surface area contributed by atoms with Crippen molar-refractivity contribution in [1.29, 1.82) is 5.26 Å². The zero-order valence-corrected chi connectivity index (χ0v) is 13.8. The van der Waals surface area contributed by atoms with Gasteiger partial charge in [0, 0.05) is 17.7 Å². The second-order valence-electron chi connectivity index (χ2n) is 5.30. The second-order valence-corrected chi connectivity index (χ2v) is 5.70.